The summed E-state index contributed by atoms with van der Waals surface area (Å²) in [6, 6.07) is 0.459. The molecule has 0 radical (unpaired) electrons. The number of halogens is 1. The summed E-state index contributed by atoms with van der Waals surface area (Å²) in [5.74, 6) is -0.254. The van der Waals surface area contributed by atoms with Crippen molar-refractivity contribution in [3.8, 4) is 0 Å². The van der Waals surface area contributed by atoms with Crippen LogP contribution in [0.15, 0.2) is 0 Å². The number of carbonyl (C=O) groups excluding carboxylic acids is 1. The Morgan fingerprint density at radius 2 is 1.65 bits per heavy atom. The molecular weight excluding hydrogens is 303 g/mol. The normalized spacial score (nSPS) is 13.3. The van der Waals surface area contributed by atoms with Crippen LogP contribution in [0.3, 0.4) is 0 Å². The zero-order valence-electron chi connectivity index (χ0n) is 15.1. The zero-order chi connectivity index (χ0) is 17.7. The average Bonchev–Trinajstić information content (AvgIpc) is 2.46. The number of hydrogen-bond donors (Lipinski definition) is 2. The van der Waals surface area contributed by atoms with Gasteiger partial charge in [0.15, 0.2) is 0 Å². The molecule has 6 nitrogen and oxygen atoms in total. The molecule has 1 amide bonds. The second kappa shape index (κ2) is 12.6. The third-order valence-electron chi connectivity index (χ3n) is 3.16. The molecule has 0 aromatic rings. The molecule has 0 saturated carbocycles. The lowest BCUT2D eigenvalue weighted by Gasteiger charge is -2.29. The molecule has 0 rings (SSSR count). The highest BCUT2D eigenvalue weighted by Gasteiger charge is 2.30. The number of carbonyl (C=O) groups is 1. The van der Waals surface area contributed by atoms with Crippen LogP contribution in [-0.4, -0.2) is 69.8 Å². The Bertz CT molecular complexity index is 314. The predicted molar refractivity (Wildman–Crippen MR) is 88.4 cm³/mol. The molecule has 7 heteroatoms. The largest absolute Gasteiger partial charge is 0.378 e. The molecule has 0 saturated heterocycles. The molecule has 0 heterocycles. The van der Waals surface area contributed by atoms with Crippen molar-refractivity contribution >= 4 is 5.91 Å². The highest BCUT2D eigenvalue weighted by Crippen LogP contribution is 2.17. The smallest absolute Gasteiger partial charge is 0.216 e. The van der Waals surface area contributed by atoms with Crippen molar-refractivity contribution in [2.45, 2.75) is 52.4 Å². The minimum atomic E-state index is -1.27. The van der Waals surface area contributed by atoms with E-state index in [0.29, 0.717) is 39.1 Å². The Labute approximate surface area is 139 Å². The summed E-state index contributed by atoms with van der Waals surface area (Å²) in [6.07, 6.45) is -1.27. The molecule has 2 N–H and O–H groups in total. The lowest BCUT2D eigenvalue weighted by atomic mass is 10.0. The third kappa shape index (κ3) is 13.4. The summed E-state index contributed by atoms with van der Waals surface area (Å²) >= 11 is 0. The van der Waals surface area contributed by atoms with Crippen LogP contribution < -0.4 is 10.6 Å². The van der Waals surface area contributed by atoms with Crippen LogP contribution in [-0.2, 0) is 19.0 Å². The average molecular weight is 336 g/mol. The fourth-order valence-electron chi connectivity index (χ4n) is 1.67. The van der Waals surface area contributed by atoms with Gasteiger partial charge in [0.05, 0.1) is 45.2 Å². The number of alkyl halides is 1. The van der Waals surface area contributed by atoms with Gasteiger partial charge in [-0.3, -0.25) is 4.79 Å². The Kier molecular flexibility index (Phi) is 12.2. The number of rotatable bonds is 14. The van der Waals surface area contributed by atoms with Crippen molar-refractivity contribution in [1.29, 1.82) is 0 Å². The van der Waals surface area contributed by atoms with E-state index in [-0.39, 0.29) is 12.5 Å². The molecule has 0 bridgehead atoms. The van der Waals surface area contributed by atoms with E-state index in [2.05, 4.69) is 24.5 Å². The van der Waals surface area contributed by atoms with E-state index in [1.54, 1.807) is 13.8 Å². The number of hydrogen-bond acceptors (Lipinski definition) is 5. The van der Waals surface area contributed by atoms with Gasteiger partial charge >= 0.3 is 0 Å². The van der Waals surface area contributed by atoms with Gasteiger partial charge in [-0.25, -0.2) is 4.39 Å². The summed E-state index contributed by atoms with van der Waals surface area (Å²) in [5.41, 5.74) is -0.967. The lowest BCUT2D eigenvalue weighted by Crippen LogP contribution is -2.44. The SMILES string of the molecule is CC(=O)NCC(F)C(C)(C)OCCOCCOCCNC(C)C. The fourth-order valence-corrected chi connectivity index (χ4v) is 1.67. The maximum atomic E-state index is 13.9. The summed E-state index contributed by atoms with van der Waals surface area (Å²) in [5, 5.41) is 5.70. The second-order valence-corrected chi connectivity index (χ2v) is 6.19. The van der Waals surface area contributed by atoms with Gasteiger partial charge in [-0.05, 0) is 13.8 Å². The molecular formula is C16H33FN2O4. The van der Waals surface area contributed by atoms with Gasteiger partial charge in [-0.1, -0.05) is 13.8 Å². The van der Waals surface area contributed by atoms with Crippen LogP contribution >= 0.6 is 0 Å². The Hall–Kier alpha value is -0.760. The third-order valence-corrected chi connectivity index (χ3v) is 3.16. The summed E-state index contributed by atoms with van der Waals surface area (Å²) in [7, 11) is 0. The zero-order valence-corrected chi connectivity index (χ0v) is 15.1. The van der Waals surface area contributed by atoms with Gasteiger partial charge in [0.2, 0.25) is 5.91 Å². The van der Waals surface area contributed by atoms with Crippen molar-refractivity contribution in [3.05, 3.63) is 0 Å². The summed E-state index contributed by atoms with van der Waals surface area (Å²) in [4.78, 5) is 10.8. The van der Waals surface area contributed by atoms with Crippen molar-refractivity contribution in [1.82, 2.24) is 10.6 Å². The first kappa shape index (κ1) is 22.2. The molecule has 0 spiro atoms. The first-order valence-electron chi connectivity index (χ1n) is 8.17. The first-order chi connectivity index (χ1) is 10.8. The quantitative estimate of drug-likeness (QED) is 0.468. The first-order valence-corrected chi connectivity index (χ1v) is 8.17. The summed E-state index contributed by atoms with van der Waals surface area (Å²) < 4.78 is 30.2. The van der Waals surface area contributed by atoms with Gasteiger partial charge in [0.25, 0.3) is 0 Å². The van der Waals surface area contributed by atoms with E-state index in [9.17, 15) is 9.18 Å². The highest BCUT2D eigenvalue weighted by atomic mass is 19.1. The lowest BCUT2D eigenvalue weighted by molar-refractivity contribution is -0.120. The molecule has 23 heavy (non-hydrogen) atoms. The van der Waals surface area contributed by atoms with E-state index in [0.717, 1.165) is 6.54 Å². The minimum Gasteiger partial charge on any atom is -0.378 e. The fraction of sp³-hybridized carbons (Fsp3) is 0.938. The van der Waals surface area contributed by atoms with E-state index in [1.807, 2.05) is 0 Å². The second-order valence-electron chi connectivity index (χ2n) is 6.19. The molecule has 138 valence electrons. The monoisotopic (exact) mass is 336 g/mol. The van der Waals surface area contributed by atoms with Gasteiger partial charge in [-0.15, -0.1) is 0 Å². The van der Waals surface area contributed by atoms with Crippen LogP contribution in [0.4, 0.5) is 4.39 Å². The van der Waals surface area contributed by atoms with Crippen LogP contribution in [0, 0.1) is 0 Å². The van der Waals surface area contributed by atoms with Crippen LogP contribution in [0.25, 0.3) is 0 Å². The maximum absolute atomic E-state index is 13.9. The molecule has 1 unspecified atom stereocenters. The van der Waals surface area contributed by atoms with E-state index < -0.39 is 11.8 Å². The summed E-state index contributed by atoms with van der Waals surface area (Å²) in [6.45, 7) is 11.9. The van der Waals surface area contributed by atoms with Crippen molar-refractivity contribution in [2.24, 2.45) is 0 Å². The van der Waals surface area contributed by atoms with E-state index in [4.69, 9.17) is 14.2 Å². The van der Waals surface area contributed by atoms with Gasteiger partial charge in [0, 0.05) is 19.5 Å². The van der Waals surface area contributed by atoms with E-state index in [1.165, 1.54) is 6.92 Å². The highest BCUT2D eigenvalue weighted by molar-refractivity contribution is 5.72. The minimum absolute atomic E-state index is 0.0541. The molecule has 0 aromatic heterocycles. The van der Waals surface area contributed by atoms with E-state index >= 15 is 0 Å². The maximum Gasteiger partial charge on any atom is 0.216 e. The number of ether oxygens (including phenoxy) is 3. The Morgan fingerprint density at radius 3 is 2.22 bits per heavy atom. The molecule has 0 aliphatic heterocycles. The predicted octanol–water partition coefficient (Wildman–Crippen LogP) is 1.29. The van der Waals surface area contributed by atoms with Gasteiger partial charge in [0.1, 0.15) is 6.17 Å². The van der Waals surface area contributed by atoms with Crippen molar-refractivity contribution in [3.63, 3.8) is 0 Å². The van der Waals surface area contributed by atoms with Crippen LogP contribution in [0.2, 0.25) is 0 Å². The number of nitrogens with one attached hydrogen (secondary N) is 2. The van der Waals surface area contributed by atoms with Gasteiger partial charge in [-0.2, -0.15) is 0 Å². The van der Waals surface area contributed by atoms with Crippen molar-refractivity contribution < 1.29 is 23.4 Å². The molecule has 0 aromatic carbocycles. The molecule has 1 atom stereocenters. The standard InChI is InChI=1S/C16H33FN2O4/c1-13(2)18-6-7-21-8-9-22-10-11-23-16(4,5)15(17)12-19-14(3)20/h13,15,18H,6-12H2,1-5H3,(H,19,20). The number of amides is 1. The Balaban J connectivity index is 3.53. The molecule has 0 aliphatic carbocycles. The molecule has 0 fully saturated rings. The van der Waals surface area contributed by atoms with Crippen LogP contribution in [0.1, 0.15) is 34.6 Å². The van der Waals surface area contributed by atoms with Gasteiger partial charge < -0.3 is 24.8 Å². The van der Waals surface area contributed by atoms with Crippen LogP contribution in [0.5, 0.6) is 0 Å². The topological polar surface area (TPSA) is 68.8 Å². The molecule has 0 aliphatic rings. The van der Waals surface area contributed by atoms with Crippen molar-refractivity contribution in [2.75, 3.05) is 46.1 Å². The Morgan fingerprint density at radius 1 is 1.09 bits per heavy atom.